The maximum absolute atomic E-state index is 12.0. The molecule has 1 fully saturated rings. The molecule has 3 N–H and O–H groups in total. The van der Waals surface area contributed by atoms with Crippen LogP contribution in [0.25, 0.3) is 0 Å². The van der Waals surface area contributed by atoms with Gasteiger partial charge in [0.15, 0.2) is 0 Å². The third-order valence-electron chi connectivity index (χ3n) is 3.20. The van der Waals surface area contributed by atoms with E-state index >= 15 is 0 Å². The molecule has 0 saturated carbocycles. The number of hydrogen-bond acceptors (Lipinski definition) is 4. The average Bonchev–Trinajstić information content (AvgIpc) is 2.27. The van der Waals surface area contributed by atoms with E-state index in [9.17, 15) is 4.79 Å². The molecule has 0 spiro atoms. The van der Waals surface area contributed by atoms with Crippen LogP contribution in [0.15, 0.2) is 0 Å². The normalized spacial score (nSPS) is 23.6. The number of hydrogen-bond donors (Lipinski definition) is 2. The number of ether oxygens (including phenoxy) is 1. The summed E-state index contributed by atoms with van der Waals surface area (Å²) in [4.78, 5) is 13.8. The van der Waals surface area contributed by atoms with E-state index in [0.29, 0.717) is 26.1 Å². The Hall–Kier alpha value is -0.650. The molecule has 1 rings (SSSR count). The molecule has 1 amide bonds. The Kier molecular flexibility index (Phi) is 4.91. The Bertz CT molecular complexity index is 263. The Morgan fingerprint density at radius 3 is 2.76 bits per heavy atom. The molecule has 0 aromatic heterocycles. The zero-order valence-electron chi connectivity index (χ0n) is 11.0. The summed E-state index contributed by atoms with van der Waals surface area (Å²) < 4.78 is 5.30. The van der Waals surface area contributed by atoms with Gasteiger partial charge in [-0.15, -0.1) is 0 Å². The van der Waals surface area contributed by atoms with Gasteiger partial charge in [0.25, 0.3) is 0 Å². The summed E-state index contributed by atoms with van der Waals surface area (Å²) in [5.41, 5.74) is 5.93. The van der Waals surface area contributed by atoms with Crippen molar-refractivity contribution in [2.75, 3.05) is 26.3 Å². The topological polar surface area (TPSA) is 75.8 Å². The first-order valence-corrected chi connectivity index (χ1v) is 6.10. The summed E-state index contributed by atoms with van der Waals surface area (Å²) >= 11 is 0. The monoisotopic (exact) mass is 244 g/mol. The number of carbonyl (C=O) groups excluding carboxylic acids is 1. The Labute approximate surface area is 103 Å². The number of morpholine rings is 1. The maximum Gasteiger partial charge on any atom is 0.224 e. The smallest absolute Gasteiger partial charge is 0.224 e. The van der Waals surface area contributed by atoms with Gasteiger partial charge in [0, 0.05) is 25.6 Å². The summed E-state index contributed by atoms with van der Waals surface area (Å²) in [6.07, 6.45) is 0.0975. The molecule has 5 nitrogen and oxygen atoms in total. The molecule has 0 aliphatic carbocycles. The molecule has 5 heteroatoms. The number of amides is 1. The lowest BCUT2D eigenvalue weighted by atomic mass is 9.85. The molecule has 0 aromatic rings. The van der Waals surface area contributed by atoms with Crippen molar-refractivity contribution in [1.82, 2.24) is 4.90 Å². The standard InChI is InChI=1S/C12H24N2O3/c1-12(2,3)10(13)6-11(16)14-4-5-17-9(7-14)8-15/h9-10,15H,4-8,13H2,1-3H3. The van der Waals surface area contributed by atoms with E-state index in [-0.39, 0.29) is 30.1 Å². The summed E-state index contributed by atoms with van der Waals surface area (Å²) in [5, 5.41) is 9.01. The summed E-state index contributed by atoms with van der Waals surface area (Å²) in [6.45, 7) is 7.58. The summed E-state index contributed by atoms with van der Waals surface area (Å²) in [5.74, 6) is 0.0502. The predicted octanol–water partition coefficient (Wildman–Crippen LogP) is -0.0304. The molecule has 17 heavy (non-hydrogen) atoms. The second kappa shape index (κ2) is 5.80. The Balaban J connectivity index is 2.47. The van der Waals surface area contributed by atoms with Crippen LogP contribution < -0.4 is 5.73 Å². The van der Waals surface area contributed by atoms with E-state index in [1.807, 2.05) is 20.8 Å². The number of nitrogens with two attached hydrogens (primary N) is 1. The molecule has 0 bridgehead atoms. The summed E-state index contributed by atoms with van der Waals surface area (Å²) in [6, 6.07) is -0.148. The minimum Gasteiger partial charge on any atom is -0.394 e. The number of rotatable bonds is 3. The van der Waals surface area contributed by atoms with Crippen molar-refractivity contribution < 1.29 is 14.6 Å². The zero-order chi connectivity index (χ0) is 13.1. The zero-order valence-corrected chi connectivity index (χ0v) is 11.0. The molecule has 100 valence electrons. The van der Waals surface area contributed by atoms with Crippen LogP contribution in [0.5, 0.6) is 0 Å². The van der Waals surface area contributed by atoms with Crippen LogP contribution in [-0.2, 0) is 9.53 Å². The lowest BCUT2D eigenvalue weighted by Crippen LogP contribution is -2.49. The van der Waals surface area contributed by atoms with E-state index in [0.717, 1.165) is 0 Å². The van der Waals surface area contributed by atoms with Crippen LogP contribution in [0.2, 0.25) is 0 Å². The lowest BCUT2D eigenvalue weighted by molar-refractivity contribution is -0.141. The van der Waals surface area contributed by atoms with E-state index in [2.05, 4.69) is 0 Å². The van der Waals surface area contributed by atoms with Gasteiger partial charge < -0.3 is 20.5 Å². The fraction of sp³-hybridized carbons (Fsp3) is 0.917. The molecule has 1 aliphatic rings. The predicted molar refractivity (Wildman–Crippen MR) is 65.5 cm³/mol. The van der Waals surface area contributed by atoms with Gasteiger partial charge in [0.05, 0.1) is 19.3 Å². The van der Waals surface area contributed by atoms with E-state index < -0.39 is 0 Å². The average molecular weight is 244 g/mol. The van der Waals surface area contributed by atoms with Crippen LogP contribution in [0.1, 0.15) is 27.2 Å². The molecule has 1 saturated heterocycles. The summed E-state index contributed by atoms with van der Waals surface area (Å²) in [7, 11) is 0. The second-order valence-electron chi connectivity index (χ2n) is 5.69. The van der Waals surface area contributed by atoms with Gasteiger partial charge in [-0.05, 0) is 5.41 Å². The van der Waals surface area contributed by atoms with Crippen LogP contribution in [-0.4, -0.2) is 54.4 Å². The second-order valence-corrected chi connectivity index (χ2v) is 5.69. The van der Waals surface area contributed by atoms with Crippen molar-refractivity contribution in [3.8, 4) is 0 Å². The van der Waals surface area contributed by atoms with E-state index in [1.165, 1.54) is 0 Å². The third-order valence-corrected chi connectivity index (χ3v) is 3.20. The molecule has 2 atom stereocenters. The largest absolute Gasteiger partial charge is 0.394 e. The molecular weight excluding hydrogens is 220 g/mol. The highest BCUT2D eigenvalue weighted by Gasteiger charge is 2.28. The number of aliphatic hydroxyl groups is 1. The van der Waals surface area contributed by atoms with Gasteiger partial charge in [-0.1, -0.05) is 20.8 Å². The van der Waals surface area contributed by atoms with Gasteiger partial charge in [0.2, 0.25) is 5.91 Å². The van der Waals surface area contributed by atoms with Crippen molar-refractivity contribution in [2.24, 2.45) is 11.1 Å². The fourth-order valence-corrected chi connectivity index (χ4v) is 1.68. The van der Waals surface area contributed by atoms with Crippen molar-refractivity contribution in [1.29, 1.82) is 0 Å². The van der Waals surface area contributed by atoms with Gasteiger partial charge in [-0.3, -0.25) is 4.79 Å². The molecule has 1 heterocycles. The molecular formula is C12H24N2O3. The number of nitrogens with zero attached hydrogens (tertiary/aromatic N) is 1. The highest BCUT2D eigenvalue weighted by molar-refractivity contribution is 5.77. The van der Waals surface area contributed by atoms with Gasteiger partial charge in [-0.25, -0.2) is 0 Å². The van der Waals surface area contributed by atoms with Crippen molar-refractivity contribution in [2.45, 2.75) is 39.3 Å². The highest BCUT2D eigenvalue weighted by atomic mass is 16.5. The highest BCUT2D eigenvalue weighted by Crippen LogP contribution is 2.20. The number of aliphatic hydroxyl groups excluding tert-OH is 1. The van der Waals surface area contributed by atoms with Gasteiger partial charge in [0.1, 0.15) is 0 Å². The minimum absolute atomic E-state index is 0.0465. The van der Waals surface area contributed by atoms with Crippen LogP contribution in [0.4, 0.5) is 0 Å². The maximum atomic E-state index is 12.0. The van der Waals surface area contributed by atoms with E-state index in [1.54, 1.807) is 4.90 Å². The Morgan fingerprint density at radius 2 is 2.24 bits per heavy atom. The van der Waals surface area contributed by atoms with Crippen molar-refractivity contribution in [3.05, 3.63) is 0 Å². The first-order chi connectivity index (χ1) is 7.84. The van der Waals surface area contributed by atoms with Crippen LogP contribution in [0, 0.1) is 5.41 Å². The van der Waals surface area contributed by atoms with Crippen LogP contribution >= 0.6 is 0 Å². The lowest BCUT2D eigenvalue weighted by Gasteiger charge is -2.34. The van der Waals surface area contributed by atoms with Gasteiger partial charge >= 0.3 is 0 Å². The third kappa shape index (κ3) is 4.26. The van der Waals surface area contributed by atoms with Crippen molar-refractivity contribution in [3.63, 3.8) is 0 Å². The molecule has 1 aliphatic heterocycles. The fourth-order valence-electron chi connectivity index (χ4n) is 1.68. The van der Waals surface area contributed by atoms with Crippen LogP contribution in [0.3, 0.4) is 0 Å². The van der Waals surface area contributed by atoms with Gasteiger partial charge in [-0.2, -0.15) is 0 Å². The first kappa shape index (κ1) is 14.4. The molecule has 2 unspecified atom stereocenters. The number of carbonyl (C=O) groups is 1. The molecule has 0 aromatic carbocycles. The SMILES string of the molecule is CC(C)(C)C(N)CC(=O)N1CCOC(CO)C1. The quantitative estimate of drug-likeness (QED) is 0.731. The Morgan fingerprint density at radius 1 is 1.59 bits per heavy atom. The first-order valence-electron chi connectivity index (χ1n) is 6.10. The molecule has 0 radical (unpaired) electrons. The minimum atomic E-state index is -0.251. The van der Waals surface area contributed by atoms with Crippen molar-refractivity contribution >= 4 is 5.91 Å². The van der Waals surface area contributed by atoms with E-state index in [4.69, 9.17) is 15.6 Å².